The molecule has 1 aliphatic rings. The highest BCUT2D eigenvalue weighted by molar-refractivity contribution is 5.68. The number of hydrogen-bond acceptors (Lipinski definition) is 2. The minimum absolute atomic E-state index is 0.336. The lowest BCUT2D eigenvalue weighted by molar-refractivity contribution is 0.217. The number of halogens is 2. The van der Waals surface area contributed by atoms with Gasteiger partial charge in [0.2, 0.25) is 0 Å². The number of hydrogen-bond donors (Lipinski definition) is 2. The van der Waals surface area contributed by atoms with E-state index in [0.717, 1.165) is 6.07 Å². The van der Waals surface area contributed by atoms with Crippen molar-refractivity contribution in [3.63, 3.8) is 0 Å². The second kappa shape index (κ2) is 4.08. The van der Waals surface area contributed by atoms with Crippen LogP contribution in [0.15, 0.2) is 24.3 Å². The van der Waals surface area contributed by atoms with E-state index in [1.54, 1.807) is 6.08 Å². The van der Waals surface area contributed by atoms with Crippen molar-refractivity contribution in [3.05, 3.63) is 41.5 Å². The summed E-state index contributed by atoms with van der Waals surface area (Å²) in [6.07, 6.45) is 0.977. The summed E-state index contributed by atoms with van der Waals surface area (Å²) in [5.74, 6) is -1.20. The van der Waals surface area contributed by atoms with Crippen LogP contribution in [-0.4, -0.2) is 24.3 Å². The Hall–Kier alpha value is -1.26. The van der Waals surface area contributed by atoms with Crippen LogP contribution in [0.3, 0.4) is 0 Å². The van der Waals surface area contributed by atoms with Crippen LogP contribution in [0.4, 0.5) is 8.78 Å². The summed E-state index contributed by atoms with van der Waals surface area (Å²) in [6.45, 7) is 0.950. The summed E-state index contributed by atoms with van der Waals surface area (Å²) in [7, 11) is 0. The van der Waals surface area contributed by atoms with E-state index in [0.29, 0.717) is 24.2 Å². The molecule has 1 aliphatic heterocycles. The number of aliphatic hydroxyl groups excluding tert-OH is 1. The minimum atomic E-state index is -0.613. The number of β-amino-alcohol motifs (C(OH)–C–C–N with tert-alkyl or cyclic N) is 1. The van der Waals surface area contributed by atoms with Crippen LogP contribution in [0.25, 0.3) is 5.57 Å². The van der Waals surface area contributed by atoms with Gasteiger partial charge >= 0.3 is 0 Å². The molecular formula is C11H11F2NO. The van der Waals surface area contributed by atoms with Crippen LogP contribution in [0.2, 0.25) is 0 Å². The number of rotatable bonds is 1. The lowest BCUT2D eigenvalue weighted by Crippen LogP contribution is -2.31. The highest BCUT2D eigenvalue weighted by atomic mass is 19.1. The van der Waals surface area contributed by atoms with Gasteiger partial charge in [-0.3, -0.25) is 0 Å². The molecule has 0 spiro atoms. The quantitative estimate of drug-likeness (QED) is 0.734. The fourth-order valence-electron chi connectivity index (χ4n) is 1.64. The predicted octanol–water partition coefficient (Wildman–Crippen LogP) is 1.31. The van der Waals surface area contributed by atoms with Crippen LogP contribution < -0.4 is 5.32 Å². The Labute approximate surface area is 86.2 Å². The predicted molar refractivity (Wildman–Crippen MR) is 53.2 cm³/mol. The molecule has 1 heterocycles. The van der Waals surface area contributed by atoms with Crippen LogP contribution in [0.1, 0.15) is 5.56 Å². The van der Waals surface area contributed by atoms with Crippen molar-refractivity contribution in [2.45, 2.75) is 6.10 Å². The monoisotopic (exact) mass is 211 g/mol. The van der Waals surface area contributed by atoms with Crippen LogP contribution >= 0.6 is 0 Å². The summed E-state index contributed by atoms with van der Waals surface area (Å²) in [4.78, 5) is 0. The fraction of sp³-hybridized carbons (Fsp3) is 0.273. The highest BCUT2D eigenvalue weighted by Gasteiger charge is 2.14. The van der Waals surface area contributed by atoms with Gasteiger partial charge in [-0.05, 0) is 23.8 Å². The third kappa shape index (κ3) is 2.22. The zero-order valence-corrected chi connectivity index (χ0v) is 8.00. The molecule has 0 saturated carbocycles. The average molecular weight is 211 g/mol. The van der Waals surface area contributed by atoms with Crippen molar-refractivity contribution < 1.29 is 13.9 Å². The first kappa shape index (κ1) is 10.3. The largest absolute Gasteiger partial charge is 0.388 e. The van der Waals surface area contributed by atoms with Crippen molar-refractivity contribution in [1.29, 1.82) is 0 Å². The molecule has 0 radical (unpaired) electrons. The molecule has 0 saturated heterocycles. The van der Waals surface area contributed by atoms with Gasteiger partial charge in [-0.15, -0.1) is 0 Å². The van der Waals surface area contributed by atoms with E-state index in [2.05, 4.69) is 5.32 Å². The van der Waals surface area contributed by atoms with E-state index in [9.17, 15) is 13.9 Å². The summed E-state index contributed by atoms with van der Waals surface area (Å²) in [6, 6.07) is 3.44. The van der Waals surface area contributed by atoms with E-state index >= 15 is 0 Å². The molecule has 2 nitrogen and oxygen atoms in total. The van der Waals surface area contributed by atoms with Crippen molar-refractivity contribution >= 4 is 5.57 Å². The normalized spacial score (nSPS) is 21.3. The Balaban J connectivity index is 2.37. The van der Waals surface area contributed by atoms with Gasteiger partial charge in [-0.2, -0.15) is 0 Å². The maximum absolute atomic E-state index is 13.4. The third-order valence-electron chi connectivity index (χ3n) is 2.34. The second-order valence-corrected chi connectivity index (χ2v) is 3.51. The molecule has 1 aromatic rings. The Bertz CT molecular complexity index is 404. The van der Waals surface area contributed by atoms with Gasteiger partial charge in [0.1, 0.15) is 11.6 Å². The van der Waals surface area contributed by atoms with Crippen LogP contribution in [-0.2, 0) is 0 Å². The molecule has 0 aliphatic carbocycles. The molecule has 1 atom stereocenters. The molecule has 15 heavy (non-hydrogen) atoms. The third-order valence-corrected chi connectivity index (χ3v) is 2.34. The molecular weight excluding hydrogens is 200 g/mol. The first-order valence-corrected chi connectivity index (χ1v) is 4.72. The zero-order valence-electron chi connectivity index (χ0n) is 8.00. The Morgan fingerprint density at radius 3 is 2.80 bits per heavy atom. The molecule has 2 rings (SSSR count). The molecule has 0 amide bonds. The van der Waals surface area contributed by atoms with E-state index in [4.69, 9.17) is 0 Å². The van der Waals surface area contributed by atoms with Gasteiger partial charge in [0.05, 0.1) is 6.10 Å². The summed E-state index contributed by atoms with van der Waals surface area (Å²) < 4.78 is 26.0. The molecule has 4 heteroatoms. The molecule has 1 aromatic carbocycles. The topological polar surface area (TPSA) is 32.3 Å². The smallest absolute Gasteiger partial charge is 0.133 e. The molecule has 0 aromatic heterocycles. The van der Waals surface area contributed by atoms with Crippen molar-refractivity contribution in [2.75, 3.05) is 13.1 Å². The van der Waals surface area contributed by atoms with Crippen molar-refractivity contribution in [3.8, 4) is 0 Å². The molecule has 2 N–H and O–H groups in total. The SMILES string of the molecule is OC1C=C(c2ccc(F)cc2F)CNC1. The zero-order chi connectivity index (χ0) is 10.8. The second-order valence-electron chi connectivity index (χ2n) is 3.51. The van der Waals surface area contributed by atoms with E-state index < -0.39 is 17.7 Å². The first-order chi connectivity index (χ1) is 7.16. The summed E-state index contributed by atoms with van der Waals surface area (Å²) in [5.41, 5.74) is 0.994. The van der Waals surface area contributed by atoms with Gasteiger partial charge in [0.25, 0.3) is 0 Å². The molecule has 1 unspecified atom stereocenters. The minimum Gasteiger partial charge on any atom is -0.388 e. The van der Waals surface area contributed by atoms with Crippen molar-refractivity contribution in [1.82, 2.24) is 5.32 Å². The number of benzene rings is 1. The lowest BCUT2D eigenvalue weighted by atomic mass is 10.0. The Kier molecular flexibility index (Phi) is 2.79. The summed E-state index contributed by atoms with van der Waals surface area (Å²) >= 11 is 0. The van der Waals surface area contributed by atoms with Gasteiger partial charge in [0.15, 0.2) is 0 Å². The molecule has 0 fully saturated rings. The van der Waals surface area contributed by atoms with Crippen molar-refractivity contribution in [2.24, 2.45) is 0 Å². The maximum Gasteiger partial charge on any atom is 0.133 e. The van der Waals surface area contributed by atoms with Crippen LogP contribution in [0.5, 0.6) is 0 Å². The maximum atomic E-state index is 13.4. The van der Waals surface area contributed by atoms with Gasteiger partial charge in [-0.1, -0.05) is 0 Å². The van der Waals surface area contributed by atoms with Gasteiger partial charge < -0.3 is 10.4 Å². The van der Waals surface area contributed by atoms with Crippen LogP contribution in [0, 0.1) is 11.6 Å². The molecule has 80 valence electrons. The van der Waals surface area contributed by atoms with Gasteiger partial charge in [0, 0.05) is 24.7 Å². The van der Waals surface area contributed by atoms with E-state index in [1.807, 2.05) is 0 Å². The standard InChI is InChI=1S/C11H11F2NO/c12-8-1-2-10(11(13)4-8)7-3-9(15)6-14-5-7/h1-4,9,14-15H,5-6H2. The average Bonchev–Trinajstić information content (AvgIpc) is 2.17. The Morgan fingerprint density at radius 2 is 2.13 bits per heavy atom. The lowest BCUT2D eigenvalue weighted by Gasteiger charge is -2.19. The fourth-order valence-corrected chi connectivity index (χ4v) is 1.64. The molecule has 0 bridgehead atoms. The first-order valence-electron chi connectivity index (χ1n) is 4.72. The van der Waals surface area contributed by atoms with E-state index in [-0.39, 0.29) is 0 Å². The van der Waals surface area contributed by atoms with Gasteiger partial charge in [-0.25, -0.2) is 8.78 Å². The number of nitrogens with one attached hydrogen (secondary N) is 1. The van der Waals surface area contributed by atoms with E-state index in [1.165, 1.54) is 12.1 Å². The summed E-state index contributed by atoms with van der Waals surface area (Å²) in [5, 5.41) is 12.3. The highest BCUT2D eigenvalue weighted by Crippen LogP contribution is 2.20. The number of aliphatic hydroxyl groups is 1. The Morgan fingerprint density at radius 1 is 1.33 bits per heavy atom.